The van der Waals surface area contributed by atoms with Crippen LogP contribution in [0.5, 0.6) is 0 Å². The smallest absolute Gasteiger partial charge is 0.254 e. The molecular weight excluding hydrogens is 328 g/mol. The lowest BCUT2D eigenvalue weighted by Crippen LogP contribution is -2.32. The van der Waals surface area contributed by atoms with Gasteiger partial charge >= 0.3 is 0 Å². The molecule has 3 nitrogen and oxygen atoms in total. The normalized spacial score (nSPS) is 14.0. The molecular formula is C17H17BrN2O. The highest BCUT2D eigenvalue weighted by atomic mass is 79.9. The highest BCUT2D eigenvalue weighted by Gasteiger charge is 2.33. The lowest BCUT2D eigenvalue weighted by atomic mass is 10.1. The number of benzene rings is 2. The van der Waals surface area contributed by atoms with Gasteiger partial charge in [-0.25, -0.2) is 0 Å². The summed E-state index contributed by atoms with van der Waals surface area (Å²) in [5.74, 6) is 0.0932. The zero-order valence-electron chi connectivity index (χ0n) is 11.6. The molecule has 1 amide bonds. The van der Waals surface area contributed by atoms with E-state index >= 15 is 0 Å². The molecule has 1 fully saturated rings. The molecule has 2 aromatic rings. The fourth-order valence-electron chi connectivity index (χ4n) is 2.36. The molecule has 21 heavy (non-hydrogen) atoms. The van der Waals surface area contributed by atoms with Crippen LogP contribution in [-0.2, 0) is 6.54 Å². The quantitative estimate of drug-likeness (QED) is 0.856. The topological polar surface area (TPSA) is 46.3 Å². The summed E-state index contributed by atoms with van der Waals surface area (Å²) in [7, 11) is 0. The van der Waals surface area contributed by atoms with E-state index in [0.29, 0.717) is 12.6 Å². The molecule has 2 N–H and O–H groups in total. The largest absolute Gasteiger partial charge is 0.399 e. The molecule has 108 valence electrons. The number of hydrogen-bond donors (Lipinski definition) is 1. The van der Waals surface area contributed by atoms with Crippen molar-refractivity contribution in [1.29, 1.82) is 0 Å². The highest BCUT2D eigenvalue weighted by Crippen LogP contribution is 2.30. The van der Waals surface area contributed by atoms with Gasteiger partial charge in [-0.2, -0.15) is 0 Å². The molecule has 0 unspecified atom stereocenters. The summed E-state index contributed by atoms with van der Waals surface area (Å²) in [5.41, 5.74) is 8.30. The summed E-state index contributed by atoms with van der Waals surface area (Å²) in [4.78, 5) is 14.7. The molecule has 1 saturated carbocycles. The van der Waals surface area contributed by atoms with Crippen molar-refractivity contribution in [2.45, 2.75) is 25.4 Å². The lowest BCUT2D eigenvalue weighted by Gasteiger charge is -2.23. The Morgan fingerprint density at radius 1 is 1.19 bits per heavy atom. The fraction of sp³-hybridized carbons (Fsp3) is 0.235. The monoisotopic (exact) mass is 344 g/mol. The summed E-state index contributed by atoms with van der Waals surface area (Å²) < 4.78 is 0.927. The molecule has 1 aliphatic rings. The number of carbonyl (C=O) groups is 1. The van der Waals surface area contributed by atoms with Crippen molar-refractivity contribution >= 4 is 27.5 Å². The minimum absolute atomic E-state index is 0.0932. The molecule has 3 rings (SSSR count). The van der Waals surface area contributed by atoms with Crippen LogP contribution < -0.4 is 5.73 Å². The predicted octanol–water partition coefficient (Wildman–Crippen LogP) is 3.84. The van der Waals surface area contributed by atoms with E-state index < -0.39 is 0 Å². The second-order valence-electron chi connectivity index (χ2n) is 5.42. The third-order valence-electron chi connectivity index (χ3n) is 3.65. The average Bonchev–Trinajstić information content (AvgIpc) is 3.30. The number of nitrogens with two attached hydrogens (primary N) is 1. The zero-order valence-corrected chi connectivity index (χ0v) is 13.2. The SMILES string of the molecule is Nc1ccc(CN(C(=O)c2cccc(Br)c2)C2CC2)cc1. The first-order valence-electron chi connectivity index (χ1n) is 7.04. The molecule has 0 aromatic heterocycles. The molecule has 0 heterocycles. The number of nitrogens with zero attached hydrogens (tertiary/aromatic N) is 1. The van der Waals surface area contributed by atoms with Crippen molar-refractivity contribution in [3.05, 3.63) is 64.1 Å². The van der Waals surface area contributed by atoms with Crippen molar-refractivity contribution in [3.8, 4) is 0 Å². The van der Waals surface area contributed by atoms with Crippen LogP contribution in [-0.4, -0.2) is 16.8 Å². The molecule has 2 aromatic carbocycles. The van der Waals surface area contributed by atoms with E-state index in [4.69, 9.17) is 5.73 Å². The molecule has 0 spiro atoms. The summed E-state index contributed by atoms with van der Waals surface area (Å²) in [6.45, 7) is 0.635. The predicted molar refractivity (Wildman–Crippen MR) is 87.9 cm³/mol. The van der Waals surface area contributed by atoms with Crippen LogP contribution in [0.15, 0.2) is 53.0 Å². The Bertz CT molecular complexity index is 650. The van der Waals surface area contributed by atoms with Gasteiger partial charge in [-0.3, -0.25) is 4.79 Å². The lowest BCUT2D eigenvalue weighted by molar-refractivity contribution is 0.0730. The van der Waals surface area contributed by atoms with Gasteiger partial charge in [0.2, 0.25) is 0 Å². The van der Waals surface area contributed by atoms with Crippen LogP contribution in [0.3, 0.4) is 0 Å². The van der Waals surface area contributed by atoms with Crippen molar-refractivity contribution in [2.75, 3.05) is 5.73 Å². The second kappa shape index (κ2) is 5.90. The van der Waals surface area contributed by atoms with Crippen LogP contribution in [0.2, 0.25) is 0 Å². The van der Waals surface area contributed by atoms with Gasteiger partial charge in [0.25, 0.3) is 5.91 Å². The third kappa shape index (κ3) is 3.45. The first-order chi connectivity index (χ1) is 10.1. The standard InChI is InChI=1S/C17H17BrN2O/c18-14-3-1-2-13(10-14)17(21)20(16-8-9-16)11-12-4-6-15(19)7-5-12/h1-7,10,16H,8-9,11,19H2. The van der Waals surface area contributed by atoms with Crippen molar-refractivity contribution in [1.82, 2.24) is 4.90 Å². The Morgan fingerprint density at radius 3 is 2.52 bits per heavy atom. The maximum Gasteiger partial charge on any atom is 0.254 e. The van der Waals surface area contributed by atoms with Crippen molar-refractivity contribution < 1.29 is 4.79 Å². The molecule has 0 atom stereocenters. The highest BCUT2D eigenvalue weighted by molar-refractivity contribution is 9.10. The summed E-state index contributed by atoms with van der Waals surface area (Å²) in [5, 5.41) is 0. The molecule has 4 heteroatoms. The van der Waals surface area contributed by atoms with E-state index in [1.54, 1.807) is 0 Å². The van der Waals surface area contributed by atoms with Gasteiger partial charge in [0.1, 0.15) is 0 Å². The minimum atomic E-state index is 0.0932. The summed E-state index contributed by atoms with van der Waals surface area (Å²) in [6.07, 6.45) is 2.18. The van der Waals surface area contributed by atoms with Gasteiger partial charge in [0.15, 0.2) is 0 Å². The zero-order chi connectivity index (χ0) is 14.8. The maximum atomic E-state index is 12.7. The van der Waals surface area contributed by atoms with E-state index in [1.165, 1.54) is 0 Å². The van der Waals surface area contributed by atoms with Crippen LogP contribution in [0.1, 0.15) is 28.8 Å². The molecule has 1 aliphatic carbocycles. The number of halogens is 1. The van der Waals surface area contributed by atoms with Gasteiger partial charge in [-0.1, -0.05) is 34.1 Å². The Labute approximate surface area is 132 Å². The van der Waals surface area contributed by atoms with E-state index in [1.807, 2.05) is 53.4 Å². The van der Waals surface area contributed by atoms with E-state index in [2.05, 4.69) is 15.9 Å². The Hall–Kier alpha value is -1.81. The number of nitrogen functional groups attached to an aromatic ring is 1. The first-order valence-corrected chi connectivity index (χ1v) is 7.84. The molecule has 0 bridgehead atoms. The van der Waals surface area contributed by atoms with E-state index in [0.717, 1.165) is 34.1 Å². The van der Waals surface area contributed by atoms with Gasteiger partial charge in [0.05, 0.1) is 0 Å². The van der Waals surface area contributed by atoms with Crippen molar-refractivity contribution in [3.63, 3.8) is 0 Å². The average molecular weight is 345 g/mol. The minimum Gasteiger partial charge on any atom is -0.399 e. The number of anilines is 1. The Balaban J connectivity index is 1.81. The van der Waals surface area contributed by atoms with Gasteiger partial charge in [0, 0.05) is 28.3 Å². The Morgan fingerprint density at radius 2 is 1.90 bits per heavy atom. The molecule has 0 radical (unpaired) electrons. The number of rotatable bonds is 4. The summed E-state index contributed by atoms with van der Waals surface area (Å²) in [6, 6.07) is 15.7. The van der Waals surface area contributed by atoms with Crippen LogP contribution >= 0.6 is 15.9 Å². The van der Waals surface area contributed by atoms with Crippen LogP contribution in [0, 0.1) is 0 Å². The third-order valence-corrected chi connectivity index (χ3v) is 4.15. The van der Waals surface area contributed by atoms with Gasteiger partial charge in [-0.05, 0) is 48.7 Å². The van der Waals surface area contributed by atoms with E-state index in [9.17, 15) is 4.79 Å². The maximum absolute atomic E-state index is 12.7. The van der Waals surface area contributed by atoms with Crippen LogP contribution in [0.25, 0.3) is 0 Å². The number of hydrogen-bond acceptors (Lipinski definition) is 2. The number of amides is 1. The first kappa shape index (κ1) is 14.1. The Kier molecular flexibility index (Phi) is 3.97. The summed E-state index contributed by atoms with van der Waals surface area (Å²) >= 11 is 3.42. The second-order valence-corrected chi connectivity index (χ2v) is 6.33. The van der Waals surface area contributed by atoms with Gasteiger partial charge < -0.3 is 10.6 Å². The molecule has 0 aliphatic heterocycles. The van der Waals surface area contributed by atoms with Crippen molar-refractivity contribution in [2.24, 2.45) is 0 Å². The fourth-order valence-corrected chi connectivity index (χ4v) is 2.76. The van der Waals surface area contributed by atoms with Crippen LogP contribution in [0.4, 0.5) is 5.69 Å². The molecule has 0 saturated heterocycles. The van der Waals surface area contributed by atoms with Gasteiger partial charge in [-0.15, -0.1) is 0 Å². The number of carbonyl (C=O) groups excluding carboxylic acids is 1. The van der Waals surface area contributed by atoms with E-state index in [-0.39, 0.29) is 5.91 Å².